The van der Waals surface area contributed by atoms with Crippen LogP contribution in [-0.4, -0.2) is 48.1 Å². The maximum absolute atomic E-state index is 2.61. The third-order valence-corrected chi connectivity index (χ3v) is 3.34. The average Bonchev–Trinajstić information content (AvgIpc) is 2.87. The summed E-state index contributed by atoms with van der Waals surface area (Å²) in [5.74, 6) is 0. The molecule has 0 aromatic carbocycles. The minimum absolute atomic E-state index is 0.308. The average molecular weight is 198 g/mol. The fourth-order valence-electron chi connectivity index (χ4n) is 1.65. The second kappa shape index (κ2) is 4.63. The van der Waals surface area contributed by atoms with Crippen LogP contribution in [0.15, 0.2) is 0 Å². The van der Waals surface area contributed by atoms with E-state index < -0.39 is 0 Å². The molecule has 0 aliphatic heterocycles. The summed E-state index contributed by atoms with van der Waals surface area (Å²) in [5.41, 5.74) is 0.308. The molecule has 1 aliphatic rings. The van der Waals surface area contributed by atoms with Crippen LogP contribution in [0.5, 0.6) is 0 Å². The van der Waals surface area contributed by atoms with Gasteiger partial charge in [0.15, 0.2) is 0 Å². The lowest BCUT2D eigenvalue weighted by Gasteiger charge is -2.33. The molecular weight excluding hydrogens is 172 g/mol. The second-order valence-electron chi connectivity index (χ2n) is 5.45. The molecule has 1 saturated carbocycles. The smallest absolute Gasteiger partial charge is 0.0122 e. The summed E-state index contributed by atoms with van der Waals surface area (Å²) >= 11 is 0. The van der Waals surface area contributed by atoms with Crippen LogP contribution in [0.3, 0.4) is 0 Å². The lowest BCUT2D eigenvalue weighted by molar-refractivity contribution is 0.145. The first-order valence-corrected chi connectivity index (χ1v) is 5.90. The third-order valence-electron chi connectivity index (χ3n) is 3.34. The van der Waals surface area contributed by atoms with E-state index in [9.17, 15) is 0 Å². The highest BCUT2D eigenvalue weighted by atomic mass is 15.2. The van der Waals surface area contributed by atoms with E-state index >= 15 is 0 Å². The Hall–Kier alpha value is -0.0800. The SMILES string of the molecule is CCN(CCN(C)C(C)(C)C)C1CC1. The van der Waals surface area contributed by atoms with Crippen molar-refractivity contribution in [2.75, 3.05) is 26.7 Å². The molecule has 0 radical (unpaired) electrons. The fourth-order valence-corrected chi connectivity index (χ4v) is 1.65. The van der Waals surface area contributed by atoms with Gasteiger partial charge in [0, 0.05) is 24.7 Å². The van der Waals surface area contributed by atoms with Gasteiger partial charge in [0.25, 0.3) is 0 Å². The first-order valence-electron chi connectivity index (χ1n) is 5.90. The van der Waals surface area contributed by atoms with Crippen molar-refractivity contribution in [2.45, 2.75) is 52.1 Å². The van der Waals surface area contributed by atoms with Crippen molar-refractivity contribution in [2.24, 2.45) is 0 Å². The molecule has 0 amide bonds. The van der Waals surface area contributed by atoms with Gasteiger partial charge in [0.1, 0.15) is 0 Å². The number of hydrogen-bond acceptors (Lipinski definition) is 2. The number of likely N-dealkylation sites (N-methyl/N-ethyl adjacent to an activating group) is 2. The highest BCUT2D eigenvalue weighted by Crippen LogP contribution is 2.26. The molecule has 0 bridgehead atoms. The van der Waals surface area contributed by atoms with Crippen molar-refractivity contribution >= 4 is 0 Å². The molecule has 2 heteroatoms. The lowest BCUT2D eigenvalue weighted by atomic mass is 10.1. The second-order valence-corrected chi connectivity index (χ2v) is 5.45. The zero-order valence-electron chi connectivity index (χ0n) is 10.5. The summed E-state index contributed by atoms with van der Waals surface area (Å²) in [6.07, 6.45) is 2.85. The topological polar surface area (TPSA) is 6.48 Å². The summed E-state index contributed by atoms with van der Waals surface area (Å²) < 4.78 is 0. The Morgan fingerprint density at radius 1 is 1.14 bits per heavy atom. The largest absolute Gasteiger partial charge is 0.300 e. The van der Waals surface area contributed by atoms with Crippen molar-refractivity contribution in [1.29, 1.82) is 0 Å². The van der Waals surface area contributed by atoms with Gasteiger partial charge in [-0.1, -0.05) is 6.92 Å². The molecule has 1 aliphatic carbocycles. The Balaban J connectivity index is 2.24. The van der Waals surface area contributed by atoms with Gasteiger partial charge in [-0.2, -0.15) is 0 Å². The van der Waals surface area contributed by atoms with E-state index in [4.69, 9.17) is 0 Å². The van der Waals surface area contributed by atoms with Gasteiger partial charge < -0.3 is 4.90 Å². The molecule has 2 nitrogen and oxygen atoms in total. The quantitative estimate of drug-likeness (QED) is 0.668. The van der Waals surface area contributed by atoms with Crippen molar-refractivity contribution in [3.05, 3.63) is 0 Å². The highest BCUT2D eigenvalue weighted by molar-refractivity contribution is 4.84. The Kier molecular flexibility index (Phi) is 3.96. The minimum atomic E-state index is 0.308. The predicted molar refractivity (Wildman–Crippen MR) is 62.7 cm³/mol. The van der Waals surface area contributed by atoms with E-state index in [1.165, 1.54) is 32.5 Å². The summed E-state index contributed by atoms with van der Waals surface area (Å²) in [5, 5.41) is 0. The zero-order valence-corrected chi connectivity index (χ0v) is 10.5. The molecule has 0 unspecified atom stereocenters. The van der Waals surface area contributed by atoms with E-state index in [1.807, 2.05) is 0 Å². The van der Waals surface area contributed by atoms with Crippen LogP contribution in [-0.2, 0) is 0 Å². The zero-order chi connectivity index (χ0) is 10.8. The molecule has 0 heterocycles. The normalized spacial score (nSPS) is 18.2. The van der Waals surface area contributed by atoms with E-state index in [-0.39, 0.29) is 0 Å². The molecule has 1 fully saturated rings. The van der Waals surface area contributed by atoms with Crippen molar-refractivity contribution in [1.82, 2.24) is 9.80 Å². The third kappa shape index (κ3) is 3.58. The number of rotatable bonds is 5. The van der Waals surface area contributed by atoms with Gasteiger partial charge >= 0.3 is 0 Å². The minimum Gasteiger partial charge on any atom is -0.300 e. The molecule has 0 spiro atoms. The maximum atomic E-state index is 2.61. The van der Waals surface area contributed by atoms with Crippen molar-refractivity contribution in [3.8, 4) is 0 Å². The van der Waals surface area contributed by atoms with Gasteiger partial charge in [-0.05, 0) is 47.2 Å². The van der Waals surface area contributed by atoms with Gasteiger partial charge in [-0.3, -0.25) is 4.90 Å². The monoisotopic (exact) mass is 198 g/mol. The highest BCUT2D eigenvalue weighted by Gasteiger charge is 2.28. The Bertz CT molecular complexity index is 166. The van der Waals surface area contributed by atoms with Gasteiger partial charge in [-0.15, -0.1) is 0 Å². The Morgan fingerprint density at radius 2 is 1.71 bits per heavy atom. The number of hydrogen-bond donors (Lipinski definition) is 0. The fraction of sp³-hybridized carbons (Fsp3) is 1.00. The molecule has 0 saturated heterocycles. The van der Waals surface area contributed by atoms with E-state index in [0.717, 1.165) is 6.04 Å². The first-order chi connectivity index (χ1) is 6.45. The molecule has 0 aromatic rings. The molecular formula is C12H26N2. The number of nitrogens with zero attached hydrogens (tertiary/aromatic N) is 2. The molecule has 0 N–H and O–H groups in total. The van der Waals surface area contributed by atoms with E-state index in [1.54, 1.807) is 0 Å². The van der Waals surface area contributed by atoms with Crippen LogP contribution in [0, 0.1) is 0 Å². The van der Waals surface area contributed by atoms with E-state index in [2.05, 4.69) is 44.5 Å². The van der Waals surface area contributed by atoms with Crippen LogP contribution in [0.4, 0.5) is 0 Å². The van der Waals surface area contributed by atoms with Gasteiger partial charge in [0.2, 0.25) is 0 Å². The van der Waals surface area contributed by atoms with Crippen LogP contribution in [0.1, 0.15) is 40.5 Å². The van der Waals surface area contributed by atoms with Crippen LogP contribution in [0.25, 0.3) is 0 Å². The Morgan fingerprint density at radius 3 is 2.07 bits per heavy atom. The van der Waals surface area contributed by atoms with Crippen molar-refractivity contribution in [3.63, 3.8) is 0 Å². The molecule has 0 aromatic heterocycles. The molecule has 14 heavy (non-hydrogen) atoms. The predicted octanol–water partition coefficient (Wildman–Crippen LogP) is 2.20. The van der Waals surface area contributed by atoms with Crippen LogP contribution < -0.4 is 0 Å². The van der Waals surface area contributed by atoms with Crippen LogP contribution >= 0.6 is 0 Å². The lowest BCUT2D eigenvalue weighted by Crippen LogP contribution is -2.43. The summed E-state index contributed by atoms with van der Waals surface area (Å²) in [4.78, 5) is 5.06. The summed E-state index contributed by atoms with van der Waals surface area (Å²) in [6, 6.07) is 0.911. The standard InChI is InChI=1S/C12H26N2/c1-6-14(11-7-8-11)10-9-13(5)12(2,3)4/h11H,6-10H2,1-5H3. The molecule has 0 atom stereocenters. The summed E-state index contributed by atoms with van der Waals surface area (Å²) in [6.45, 7) is 12.7. The van der Waals surface area contributed by atoms with Crippen LogP contribution in [0.2, 0.25) is 0 Å². The maximum Gasteiger partial charge on any atom is 0.0122 e. The van der Waals surface area contributed by atoms with Gasteiger partial charge in [-0.25, -0.2) is 0 Å². The molecule has 84 valence electrons. The van der Waals surface area contributed by atoms with Gasteiger partial charge in [0.05, 0.1) is 0 Å². The van der Waals surface area contributed by atoms with Crippen molar-refractivity contribution < 1.29 is 0 Å². The summed E-state index contributed by atoms with van der Waals surface area (Å²) in [7, 11) is 2.22. The molecule has 1 rings (SSSR count). The first kappa shape index (κ1) is 12.0. The Labute approximate surface area is 89.3 Å². The van der Waals surface area contributed by atoms with E-state index in [0.29, 0.717) is 5.54 Å².